The molecule has 0 saturated carbocycles. The van der Waals surface area contributed by atoms with Crippen molar-refractivity contribution < 1.29 is 27.0 Å². The summed E-state index contributed by atoms with van der Waals surface area (Å²) in [6.45, 7) is 0.566. The largest absolute Gasteiger partial charge is 0.479 e. The number of ether oxygens (including phenoxy) is 3. The molecule has 0 aliphatic rings. The second kappa shape index (κ2) is 8.56. The van der Waals surface area contributed by atoms with Gasteiger partial charge < -0.3 is 14.2 Å². The maximum Gasteiger partial charge on any atom is 0.251 e. The lowest BCUT2D eigenvalue weighted by atomic mass is 10.4. The molecule has 0 aromatic carbocycles. The summed E-state index contributed by atoms with van der Waals surface area (Å²) in [6.07, 6.45) is 6.15. The molecule has 0 bridgehead atoms. The molecule has 0 saturated heterocycles. The smallest absolute Gasteiger partial charge is 0.251 e. The Morgan fingerprint density at radius 1 is 1.33 bits per heavy atom. The lowest BCUT2D eigenvalue weighted by Crippen LogP contribution is -2.16. The highest BCUT2D eigenvalue weighted by Crippen LogP contribution is 2.22. The fraction of sp³-hybridized carbons (Fsp3) is 0.462. The van der Waals surface area contributed by atoms with Crippen LogP contribution in [0.3, 0.4) is 0 Å². The third-order valence-electron chi connectivity index (χ3n) is 2.40. The molecule has 0 amide bonds. The normalized spacial score (nSPS) is 11.1. The molecular weight excluding hydrogens is 301 g/mol. The molecule has 116 valence electrons. The van der Waals surface area contributed by atoms with Gasteiger partial charge in [0.05, 0.1) is 32.7 Å². The summed E-state index contributed by atoms with van der Waals surface area (Å²) in [5.74, 6) is 0.569. The molecule has 0 aliphatic carbocycles. The highest BCUT2D eigenvalue weighted by atomic mass is 32.2. The highest BCUT2D eigenvalue weighted by molar-refractivity contribution is 7.91. The third-order valence-corrected chi connectivity index (χ3v) is 4.09. The van der Waals surface area contributed by atoms with Gasteiger partial charge in [-0.15, -0.1) is 6.42 Å². The lowest BCUT2D eigenvalue weighted by Gasteiger charge is -2.08. The fourth-order valence-corrected chi connectivity index (χ4v) is 2.61. The predicted molar refractivity (Wildman–Crippen MR) is 73.3 cm³/mol. The van der Waals surface area contributed by atoms with Gasteiger partial charge in [-0.3, -0.25) is 0 Å². The average molecular weight is 317 g/mol. The fourth-order valence-electron chi connectivity index (χ4n) is 1.42. The van der Waals surface area contributed by atoms with Crippen molar-refractivity contribution in [3.05, 3.63) is 18.1 Å². The van der Waals surface area contributed by atoms with E-state index < -0.39 is 20.5 Å². The van der Waals surface area contributed by atoms with Crippen LogP contribution in [-0.2, 0) is 19.3 Å². The molecule has 0 unspecified atom stereocenters. The van der Waals surface area contributed by atoms with Gasteiger partial charge >= 0.3 is 0 Å². The molecule has 0 radical (unpaired) electrons. The number of hydrogen-bond donors (Lipinski definition) is 0. The summed E-state index contributed by atoms with van der Waals surface area (Å²) in [4.78, 5) is 3.13. The van der Waals surface area contributed by atoms with Crippen molar-refractivity contribution in [3.63, 3.8) is 0 Å². The van der Waals surface area contributed by atoms with Crippen molar-refractivity contribution in [3.8, 4) is 18.2 Å². The van der Waals surface area contributed by atoms with Crippen LogP contribution in [0.5, 0.6) is 5.88 Å². The molecule has 0 aliphatic heterocycles. The number of rotatable bonds is 9. The van der Waals surface area contributed by atoms with Crippen LogP contribution in [0.2, 0.25) is 0 Å². The minimum absolute atomic E-state index is 0.0776. The van der Waals surface area contributed by atoms with Crippen LogP contribution in [0.4, 0.5) is 4.39 Å². The topological polar surface area (TPSA) is 74.7 Å². The molecule has 0 fully saturated rings. The maximum absolute atomic E-state index is 13.8. The van der Waals surface area contributed by atoms with E-state index in [-0.39, 0.29) is 38.1 Å². The number of nitrogens with zero attached hydrogens (tertiary/aromatic N) is 1. The summed E-state index contributed by atoms with van der Waals surface area (Å²) in [5.41, 5.74) is 0. The van der Waals surface area contributed by atoms with E-state index in [2.05, 4.69) is 15.6 Å². The first-order valence-electron chi connectivity index (χ1n) is 6.03. The standard InChI is InChI=1S/C13H16FNO5S/c1-3-6-19-7-8-20-9-10-21(16,17)11-4-5-15-13(18-2)12(11)14/h1,4-5H,6-10H2,2H3. The Labute approximate surface area is 123 Å². The summed E-state index contributed by atoms with van der Waals surface area (Å²) in [5, 5.41) is 0. The molecule has 1 aromatic rings. The van der Waals surface area contributed by atoms with E-state index in [1.165, 1.54) is 13.3 Å². The minimum atomic E-state index is -3.81. The van der Waals surface area contributed by atoms with Gasteiger partial charge in [0.1, 0.15) is 11.5 Å². The van der Waals surface area contributed by atoms with Crippen LogP contribution >= 0.6 is 0 Å². The number of aromatic nitrogens is 1. The summed E-state index contributed by atoms with van der Waals surface area (Å²) >= 11 is 0. The summed E-state index contributed by atoms with van der Waals surface area (Å²) in [6, 6.07) is 1.09. The van der Waals surface area contributed by atoms with Crippen LogP contribution in [0.15, 0.2) is 17.2 Å². The van der Waals surface area contributed by atoms with Gasteiger partial charge in [0.2, 0.25) is 5.82 Å². The van der Waals surface area contributed by atoms with Gasteiger partial charge in [-0.1, -0.05) is 5.92 Å². The Morgan fingerprint density at radius 3 is 2.71 bits per heavy atom. The van der Waals surface area contributed by atoms with Crippen LogP contribution in [0.25, 0.3) is 0 Å². The Bertz CT molecular complexity index is 597. The predicted octanol–water partition coefficient (Wildman–Crippen LogP) is 0.669. The Hall–Kier alpha value is -1.69. The molecule has 6 nitrogen and oxygen atoms in total. The molecule has 8 heteroatoms. The van der Waals surface area contributed by atoms with E-state index >= 15 is 0 Å². The molecule has 1 heterocycles. The molecular formula is C13H16FNO5S. The van der Waals surface area contributed by atoms with Gasteiger partial charge in [-0.2, -0.15) is 4.39 Å². The van der Waals surface area contributed by atoms with Gasteiger partial charge in [0, 0.05) is 6.20 Å². The zero-order chi connectivity index (χ0) is 15.7. The number of hydrogen-bond acceptors (Lipinski definition) is 6. The number of methoxy groups -OCH3 is 1. The summed E-state index contributed by atoms with van der Waals surface area (Å²) < 4.78 is 52.5. The van der Waals surface area contributed by atoms with Crippen LogP contribution in [0, 0.1) is 18.2 Å². The highest BCUT2D eigenvalue weighted by Gasteiger charge is 2.22. The SMILES string of the molecule is C#CCOCCOCCS(=O)(=O)c1ccnc(OC)c1F. The van der Waals surface area contributed by atoms with Gasteiger partial charge in [0.25, 0.3) is 5.88 Å². The van der Waals surface area contributed by atoms with E-state index in [0.29, 0.717) is 0 Å². The second-order valence-corrected chi connectivity index (χ2v) is 5.90. The van der Waals surface area contributed by atoms with E-state index in [1.54, 1.807) is 0 Å². The minimum Gasteiger partial charge on any atom is -0.479 e. The molecule has 0 atom stereocenters. The van der Waals surface area contributed by atoms with Crippen molar-refractivity contribution in [2.75, 3.05) is 39.3 Å². The van der Waals surface area contributed by atoms with Crippen LogP contribution in [-0.4, -0.2) is 52.7 Å². The van der Waals surface area contributed by atoms with E-state index in [0.717, 1.165) is 6.07 Å². The molecule has 0 N–H and O–H groups in total. The zero-order valence-electron chi connectivity index (χ0n) is 11.5. The van der Waals surface area contributed by atoms with Crippen molar-refractivity contribution >= 4 is 9.84 Å². The van der Waals surface area contributed by atoms with Gasteiger partial charge in [0.15, 0.2) is 9.84 Å². The van der Waals surface area contributed by atoms with Crippen molar-refractivity contribution in [2.24, 2.45) is 0 Å². The van der Waals surface area contributed by atoms with E-state index in [1.807, 2.05) is 0 Å². The third kappa shape index (κ3) is 5.30. The molecule has 1 aromatic heterocycles. The first kappa shape index (κ1) is 17.4. The Kier molecular flexibility index (Phi) is 7.08. The Morgan fingerprint density at radius 2 is 2.05 bits per heavy atom. The molecule has 21 heavy (non-hydrogen) atoms. The number of pyridine rings is 1. The van der Waals surface area contributed by atoms with E-state index in [4.69, 9.17) is 15.9 Å². The van der Waals surface area contributed by atoms with Gasteiger partial charge in [-0.25, -0.2) is 13.4 Å². The monoisotopic (exact) mass is 317 g/mol. The van der Waals surface area contributed by atoms with Crippen LogP contribution in [0.1, 0.15) is 0 Å². The first-order chi connectivity index (χ1) is 10.0. The second-order valence-electron chi connectivity index (χ2n) is 3.82. The number of halogens is 1. The maximum atomic E-state index is 13.8. The Balaban J connectivity index is 2.53. The number of terminal acetylenes is 1. The zero-order valence-corrected chi connectivity index (χ0v) is 12.4. The molecule has 0 spiro atoms. The van der Waals surface area contributed by atoms with Crippen molar-refractivity contribution in [1.29, 1.82) is 0 Å². The van der Waals surface area contributed by atoms with Gasteiger partial charge in [-0.05, 0) is 6.07 Å². The number of sulfone groups is 1. The quantitative estimate of drug-likeness (QED) is 0.492. The van der Waals surface area contributed by atoms with E-state index in [9.17, 15) is 12.8 Å². The average Bonchev–Trinajstić information content (AvgIpc) is 2.46. The van der Waals surface area contributed by atoms with Crippen molar-refractivity contribution in [2.45, 2.75) is 4.90 Å². The molecule has 1 rings (SSSR count). The summed E-state index contributed by atoms with van der Waals surface area (Å²) in [7, 11) is -2.60. The van der Waals surface area contributed by atoms with Crippen LogP contribution < -0.4 is 4.74 Å². The van der Waals surface area contributed by atoms with Crippen molar-refractivity contribution in [1.82, 2.24) is 4.98 Å². The first-order valence-corrected chi connectivity index (χ1v) is 7.68. The lowest BCUT2D eigenvalue weighted by molar-refractivity contribution is 0.0670.